The Hall–Kier alpha value is -0.340. The lowest BCUT2D eigenvalue weighted by Crippen LogP contribution is -2.29. The number of rotatable bonds is 5. The molecule has 2 fully saturated rings. The summed E-state index contributed by atoms with van der Waals surface area (Å²) in [6.45, 7) is 3.35. The van der Waals surface area contributed by atoms with Crippen molar-refractivity contribution in [1.82, 2.24) is 5.32 Å². The maximum atomic E-state index is 5.75. The number of hydrogen-bond acceptors (Lipinski definition) is 2. The fraction of sp³-hybridized carbons (Fsp3) is 0.867. The predicted molar refractivity (Wildman–Crippen MR) is 69.9 cm³/mol. The van der Waals surface area contributed by atoms with Gasteiger partial charge in [-0.1, -0.05) is 12.2 Å². The number of ether oxygens (including phenoxy) is 1. The van der Waals surface area contributed by atoms with Crippen LogP contribution in [0.4, 0.5) is 0 Å². The van der Waals surface area contributed by atoms with Crippen molar-refractivity contribution in [2.45, 2.75) is 44.6 Å². The van der Waals surface area contributed by atoms with Crippen LogP contribution in [0.15, 0.2) is 12.2 Å². The minimum absolute atomic E-state index is 0.538. The summed E-state index contributed by atoms with van der Waals surface area (Å²) in [6.07, 6.45) is 13.4. The molecule has 2 heteroatoms. The van der Waals surface area contributed by atoms with E-state index in [0.717, 1.165) is 30.9 Å². The first kappa shape index (κ1) is 11.7. The molecule has 0 aromatic carbocycles. The molecule has 96 valence electrons. The Balaban J connectivity index is 1.29. The molecular weight excluding hydrogens is 210 g/mol. The standard InChI is InChI=1S/C15H25NO/c1-2-8-17-15(3-1)6-7-16-11-14-10-12-4-5-13(14)9-12/h4-5,12-16H,1-3,6-11H2. The van der Waals surface area contributed by atoms with Gasteiger partial charge >= 0.3 is 0 Å². The quantitative estimate of drug-likeness (QED) is 0.584. The van der Waals surface area contributed by atoms with E-state index in [2.05, 4.69) is 17.5 Å². The Morgan fingerprint density at radius 1 is 1.18 bits per heavy atom. The van der Waals surface area contributed by atoms with E-state index in [0.29, 0.717) is 6.10 Å². The van der Waals surface area contributed by atoms with Gasteiger partial charge in [0.1, 0.15) is 0 Å². The second-order valence-electron chi connectivity index (χ2n) is 6.02. The minimum atomic E-state index is 0.538. The Morgan fingerprint density at radius 2 is 2.18 bits per heavy atom. The Morgan fingerprint density at radius 3 is 2.88 bits per heavy atom. The van der Waals surface area contributed by atoms with Crippen molar-refractivity contribution < 1.29 is 4.74 Å². The Labute approximate surface area is 105 Å². The molecule has 1 aliphatic heterocycles. The summed E-state index contributed by atoms with van der Waals surface area (Å²) in [6, 6.07) is 0. The third kappa shape index (κ3) is 2.92. The van der Waals surface area contributed by atoms with E-state index < -0.39 is 0 Å². The van der Waals surface area contributed by atoms with Crippen LogP contribution < -0.4 is 5.32 Å². The number of nitrogens with one attached hydrogen (secondary N) is 1. The normalized spacial score (nSPS) is 40.0. The highest BCUT2D eigenvalue weighted by Crippen LogP contribution is 2.42. The van der Waals surface area contributed by atoms with Crippen LogP contribution in [0.5, 0.6) is 0 Å². The molecule has 1 saturated carbocycles. The third-order valence-electron chi connectivity index (χ3n) is 4.74. The van der Waals surface area contributed by atoms with Crippen LogP contribution in [0.2, 0.25) is 0 Å². The topological polar surface area (TPSA) is 21.3 Å². The van der Waals surface area contributed by atoms with E-state index >= 15 is 0 Å². The van der Waals surface area contributed by atoms with Gasteiger partial charge in [-0.25, -0.2) is 0 Å². The molecule has 2 aliphatic carbocycles. The molecule has 4 unspecified atom stereocenters. The van der Waals surface area contributed by atoms with Crippen molar-refractivity contribution in [2.75, 3.05) is 19.7 Å². The second kappa shape index (κ2) is 5.53. The van der Waals surface area contributed by atoms with Gasteiger partial charge in [0.25, 0.3) is 0 Å². The minimum Gasteiger partial charge on any atom is -0.378 e. The lowest BCUT2D eigenvalue weighted by Gasteiger charge is -2.23. The summed E-state index contributed by atoms with van der Waals surface area (Å²) in [5, 5.41) is 3.65. The van der Waals surface area contributed by atoms with Crippen LogP contribution in [-0.2, 0) is 4.74 Å². The summed E-state index contributed by atoms with van der Waals surface area (Å²) >= 11 is 0. The monoisotopic (exact) mass is 235 g/mol. The zero-order valence-corrected chi connectivity index (χ0v) is 10.7. The van der Waals surface area contributed by atoms with E-state index in [-0.39, 0.29) is 0 Å². The van der Waals surface area contributed by atoms with Crippen LogP contribution in [0.3, 0.4) is 0 Å². The van der Waals surface area contributed by atoms with Crippen LogP contribution in [-0.4, -0.2) is 25.8 Å². The van der Waals surface area contributed by atoms with Gasteiger partial charge in [0.05, 0.1) is 6.10 Å². The zero-order chi connectivity index (χ0) is 11.5. The predicted octanol–water partition coefficient (Wildman–Crippen LogP) is 2.75. The number of hydrogen-bond donors (Lipinski definition) is 1. The SMILES string of the molecule is C1=CC2CC1CC2CNCCC1CCCCO1. The Bertz CT molecular complexity index is 270. The number of allylic oxidation sites excluding steroid dienone is 2. The van der Waals surface area contributed by atoms with Gasteiger partial charge in [-0.3, -0.25) is 0 Å². The molecule has 4 atom stereocenters. The van der Waals surface area contributed by atoms with Crippen LogP contribution in [0.1, 0.15) is 38.5 Å². The van der Waals surface area contributed by atoms with Gasteiger partial charge in [0.15, 0.2) is 0 Å². The molecule has 3 aliphatic rings. The van der Waals surface area contributed by atoms with Crippen molar-refractivity contribution in [3.05, 3.63) is 12.2 Å². The van der Waals surface area contributed by atoms with Gasteiger partial charge < -0.3 is 10.1 Å². The second-order valence-corrected chi connectivity index (χ2v) is 6.02. The zero-order valence-electron chi connectivity index (χ0n) is 10.7. The highest BCUT2D eigenvalue weighted by atomic mass is 16.5. The van der Waals surface area contributed by atoms with Crippen molar-refractivity contribution in [3.63, 3.8) is 0 Å². The van der Waals surface area contributed by atoms with E-state index in [9.17, 15) is 0 Å². The molecule has 0 aromatic rings. The van der Waals surface area contributed by atoms with Crippen LogP contribution in [0, 0.1) is 17.8 Å². The average molecular weight is 235 g/mol. The van der Waals surface area contributed by atoms with Gasteiger partial charge in [0.2, 0.25) is 0 Å². The van der Waals surface area contributed by atoms with Crippen LogP contribution >= 0.6 is 0 Å². The molecule has 1 N–H and O–H groups in total. The first-order valence-electron chi connectivity index (χ1n) is 7.42. The van der Waals surface area contributed by atoms with Crippen LogP contribution in [0.25, 0.3) is 0 Å². The third-order valence-corrected chi connectivity index (χ3v) is 4.74. The molecule has 0 spiro atoms. The first-order valence-corrected chi connectivity index (χ1v) is 7.42. The largest absolute Gasteiger partial charge is 0.378 e. The number of fused-ring (bicyclic) bond motifs is 2. The molecule has 2 nitrogen and oxygen atoms in total. The maximum Gasteiger partial charge on any atom is 0.0587 e. The van der Waals surface area contributed by atoms with E-state index in [4.69, 9.17) is 4.74 Å². The van der Waals surface area contributed by atoms with E-state index in [1.54, 1.807) is 0 Å². The summed E-state index contributed by atoms with van der Waals surface area (Å²) in [5.74, 6) is 2.71. The van der Waals surface area contributed by atoms with Gasteiger partial charge in [-0.2, -0.15) is 0 Å². The highest BCUT2D eigenvalue weighted by Gasteiger charge is 2.34. The summed E-state index contributed by atoms with van der Waals surface area (Å²) in [4.78, 5) is 0. The van der Waals surface area contributed by atoms with Gasteiger partial charge in [0, 0.05) is 6.61 Å². The molecule has 1 saturated heterocycles. The smallest absolute Gasteiger partial charge is 0.0587 e. The molecular formula is C15H25NO. The Kier molecular flexibility index (Phi) is 3.82. The van der Waals surface area contributed by atoms with E-state index in [1.807, 2.05) is 0 Å². The fourth-order valence-corrected chi connectivity index (χ4v) is 3.71. The van der Waals surface area contributed by atoms with E-state index in [1.165, 1.54) is 45.1 Å². The van der Waals surface area contributed by atoms with Gasteiger partial charge in [-0.15, -0.1) is 0 Å². The summed E-state index contributed by atoms with van der Waals surface area (Å²) in [7, 11) is 0. The summed E-state index contributed by atoms with van der Waals surface area (Å²) in [5.41, 5.74) is 0. The highest BCUT2D eigenvalue weighted by molar-refractivity contribution is 5.10. The molecule has 0 aromatic heterocycles. The molecule has 17 heavy (non-hydrogen) atoms. The molecule has 3 rings (SSSR count). The molecule has 2 bridgehead atoms. The molecule has 0 amide bonds. The maximum absolute atomic E-state index is 5.75. The van der Waals surface area contributed by atoms with Crippen molar-refractivity contribution in [2.24, 2.45) is 17.8 Å². The lowest BCUT2D eigenvalue weighted by molar-refractivity contribution is 0.0114. The summed E-state index contributed by atoms with van der Waals surface area (Å²) < 4.78 is 5.75. The average Bonchev–Trinajstić information content (AvgIpc) is 2.98. The van der Waals surface area contributed by atoms with Gasteiger partial charge in [-0.05, 0) is 69.4 Å². The fourth-order valence-electron chi connectivity index (χ4n) is 3.71. The van der Waals surface area contributed by atoms with Crippen molar-refractivity contribution in [1.29, 1.82) is 0 Å². The lowest BCUT2D eigenvalue weighted by atomic mass is 9.93. The molecule has 1 heterocycles. The van der Waals surface area contributed by atoms with Crippen molar-refractivity contribution in [3.8, 4) is 0 Å². The van der Waals surface area contributed by atoms with Crippen molar-refractivity contribution >= 4 is 0 Å². The molecule has 0 radical (unpaired) electrons. The first-order chi connectivity index (χ1) is 8.42.